The van der Waals surface area contributed by atoms with E-state index in [1.807, 2.05) is 27.7 Å². The van der Waals surface area contributed by atoms with Crippen LogP contribution in [-0.4, -0.2) is 33.7 Å². The number of rotatable bonds is 1. The van der Waals surface area contributed by atoms with Gasteiger partial charge in [-0.1, -0.05) is 6.07 Å². The minimum Gasteiger partial charge on any atom is -0.478 e. The SMILES string of the molecule is CC1Cc2cc(C(=O)O)ccc2CN1C(=O)OC(C)(C)C. The van der Waals surface area contributed by atoms with E-state index in [1.165, 1.54) is 0 Å². The van der Waals surface area contributed by atoms with Crippen LogP contribution < -0.4 is 0 Å². The van der Waals surface area contributed by atoms with Crippen LogP contribution in [0.1, 0.15) is 49.2 Å². The summed E-state index contributed by atoms with van der Waals surface area (Å²) in [4.78, 5) is 24.9. The highest BCUT2D eigenvalue weighted by Crippen LogP contribution is 2.26. The fourth-order valence-electron chi connectivity index (χ4n) is 2.44. The molecule has 1 aliphatic heterocycles. The van der Waals surface area contributed by atoms with Crippen LogP contribution in [0.15, 0.2) is 18.2 Å². The summed E-state index contributed by atoms with van der Waals surface area (Å²) in [6.45, 7) is 7.91. The number of fused-ring (bicyclic) bond motifs is 1. The predicted octanol–water partition coefficient (Wildman–Crippen LogP) is 3.07. The van der Waals surface area contributed by atoms with Gasteiger partial charge in [0.15, 0.2) is 0 Å². The van der Waals surface area contributed by atoms with Crippen molar-refractivity contribution in [1.82, 2.24) is 4.90 Å². The van der Waals surface area contributed by atoms with Gasteiger partial charge in [0, 0.05) is 12.6 Å². The molecule has 0 aliphatic carbocycles. The van der Waals surface area contributed by atoms with E-state index >= 15 is 0 Å². The number of benzene rings is 1. The number of carbonyl (C=O) groups is 2. The number of carboxylic acids is 1. The van der Waals surface area contributed by atoms with Gasteiger partial charge in [0.2, 0.25) is 0 Å². The molecular formula is C16H21NO4. The molecule has 1 aromatic rings. The standard InChI is InChI=1S/C16H21NO4/c1-10-7-13-8-11(14(18)19)5-6-12(13)9-17(10)15(20)21-16(2,3)4/h5-6,8,10H,7,9H2,1-4H3,(H,18,19). The average molecular weight is 291 g/mol. The van der Waals surface area contributed by atoms with Crippen molar-refractivity contribution in [3.05, 3.63) is 34.9 Å². The fraction of sp³-hybridized carbons (Fsp3) is 0.500. The number of carbonyl (C=O) groups excluding carboxylic acids is 1. The van der Waals surface area contributed by atoms with E-state index in [9.17, 15) is 9.59 Å². The maximum Gasteiger partial charge on any atom is 0.410 e. The largest absolute Gasteiger partial charge is 0.478 e. The zero-order valence-corrected chi connectivity index (χ0v) is 12.8. The Hall–Kier alpha value is -2.04. The lowest BCUT2D eigenvalue weighted by atomic mass is 9.93. The molecular weight excluding hydrogens is 270 g/mol. The van der Waals surface area contributed by atoms with Gasteiger partial charge in [-0.25, -0.2) is 9.59 Å². The first kappa shape index (κ1) is 15.4. The molecule has 2 rings (SSSR count). The number of aromatic carboxylic acids is 1. The molecule has 1 heterocycles. The van der Waals surface area contributed by atoms with Crippen molar-refractivity contribution in [3.8, 4) is 0 Å². The lowest BCUT2D eigenvalue weighted by molar-refractivity contribution is 0.0138. The molecule has 1 aliphatic rings. The monoisotopic (exact) mass is 291 g/mol. The van der Waals surface area contributed by atoms with Crippen LogP contribution in [0.5, 0.6) is 0 Å². The molecule has 1 N–H and O–H groups in total. The van der Waals surface area contributed by atoms with E-state index in [0.29, 0.717) is 13.0 Å². The third-order valence-electron chi connectivity index (χ3n) is 3.47. The summed E-state index contributed by atoms with van der Waals surface area (Å²) in [5, 5.41) is 9.04. The first-order valence-corrected chi connectivity index (χ1v) is 7.02. The van der Waals surface area contributed by atoms with Crippen LogP contribution in [0.2, 0.25) is 0 Å². The van der Waals surface area contributed by atoms with E-state index in [-0.39, 0.29) is 17.7 Å². The normalized spacial score (nSPS) is 18.1. The van der Waals surface area contributed by atoms with Gasteiger partial charge >= 0.3 is 12.1 Å². The minimum absolute atomic E-state index is 0.0172. The van der Waals surface area contributed by atoms with Gasteiger partial charge < -0.3 is 14.7 Å². The number of amides is 1. The molecule has 0 fully saturated rings. The molecule has 21 heavy (non-hydrogen) atoms. The molecule has 0 saturated heterocycles. The highest BCUT2D eigenvalue weighted by atomic mass is 16.6. The van der Waals surface area contributed by atoms with Gasteiger partial charge in [-0.2, -0.15) is 0 Å². The zero-order valence-electron chi connectivity index (χ0n) is 12.8. The second kappa shape index (κ2) is 5.39. The second-order valence-electron chi connectivity index (χ2n) is 6.45. The Morgan fingerprint density at radius 2 is 1.95 bits per heavy atom. The van der Waals surface area contributed by atoms with Crippen molar-refractivity contribution >= 4 is 12.1 Å². The van der Waals surface area contributed by atoms with Crippen LogP contribution in [-0.2, 0) is 17.7 Å². The van der Waals surface area contributed by atoms with Crippen LogP contribution >= 0.6 is 0 Å². The number of hydrogen-bond acceptors (Lipinski definition) is 3. The first-order chi connectivity index (χ1) is 9.67. The van der Waals surface area contributed by atoms with Crippen molar-refractivity contribution in [2.45, 2.75) is 52.3 Å². The number of nitrogens with zero attached hydrogens (tertiary/aromatic N) is 1. The highest BCUT2D eigenvalue weighted by molar-refractivity contribution is 5.88. The molecule has 1 unspecified atom stereocenters. The van der Waals surface area contributed by atoms with Crippen molar-refractivity contribution in [1.29, 1.82) is 0 Å². The Balaban J connectivity index is 2.21. The number of hydrogen-bond donors (Lipinski definition) is 1. The Labute approximate surface area is 124 Å². The zero-order chi connectivity index (χ0) is 15.8. The van der Waals surface area contributed by atoms with E-state index in [4.69, 9.17) is 9.84 Å². The summed E-state index contributed by atoms with van der Waals surface area (Å²) in [5.41, 5.74) is 1.72. The average Bonchev–Trinajstić information content (AvgIpc) is 2.34. The van der Waals surface area contributed by atoms with Crippen LogP contribution in [0.3, 0.4) is 0 Å². The van der Waals surface area contributed by atoms with Gasteiger partial charge in [-0.15, -0.1) is 0 Å². The van der Waals surface area contributed by atoms with Crippen molar-refractivity contribution in [2.75, 3.05) is 0 Å². The van der Waals surface area contributed by atoms with Crippen molar-refractivity contribution < 1.29 is 19.4 Å². The van der Waals surface area contributed by atoms with Gasteiger partial charge in [0.05, 0.1) is 5.56 Å². The first-order valence-electron chi connectivity index (χ1n) is 7.02. The smallest absolute Gasteiger partial charge is 0.410 e. The molecule has 0 spiro atoms. The van der Waals surface area contributed by atoms with Crippen LogP contribution in [0.25, 0.3) is 0 Å². The lowest BCUT2D eigenvalue weighted by Gasteiger charge is -2.36. The molecule has 114 valence electrons. The maximum absolute atomic E-state index is 12.2. The summed E-state index contributed by atoms with van der Waals surface area (Å²) in [7, 11) is 0. The number of ether oxygens (including phenoxy) is 1. The summed E-state index contributed by atoms with van der Waals surface area (Å²) >= 11 is 0. The molecule has 0 bridgehead atoms. The van der Waals surface area contributed by atoms with Crippen molar-refractivity contribution in [3.63, 3.8) is 0 Å². The molecule has 0 aromatic heterocycles. The Bertz CT molecular complexity index is 574. The van der Waals surface area contributed by atoms with E-state index in [0.717, 1.165) is 11.1 Å². The molecule has 1 amide bonds. The van der Waals surface area contributed by atoms with Crippen LogP contribution in [0, 0.1) is 0 Å². The summed E-state index contributed by atoms with van der Waals surface area (Å²) in [6.07, 6.45) is 0.304. The predicted molar refractivity (Wildman–Crippen MR) is 78.3 cm³/mol. The molecule has 1 aromatic carbocycles. The molecule has 5 nitrogen and oxygen atoms in total. The molecule has 5 heteroatoms. The van der Waals surface area contributed by atoms with Gasteiger partial charge in [-0.05, 0) is 57.4 Å². The van der Waals surface area contributed by atoms with Gasteiger partial charge in [-0.3, -0.25) is 0 Å². The Kier molecular flexibility index (Phi) is 3.94. The van der Waals surface area contributed by atoms with Gasteiger partial charge in [0.25, 0.3) is 0 Å². The maximum atomic E-state index is 12.2. The van der Waals surface area contributed by atoms with Gasteiger partial charge in [0.1, 0.15) is 5.60 Å². The highest BCUT2D eigenvalue weighted by Gasteiger charge is 2.30. The minimum atomic E-state index is -0.931. The third kappa shape index (κ3) is 3.54. The second-order valence-corrected chi connectivity index (χ2v) is 6.45. The Morgan fingerprint density at radius 1 is 1.29 bits per heavy atom. The molecule has 1 atom stereocenters. The molecule has 0 saturated carbocycles. The Morgan fingerprint density at radius 3 is 2.52 bits per heavy atom. The summed E-state index contributed by atoms with van der Waals surface area (Å²) < 4.78 is 5.42. The third-order valence-corrected chi connectivity index (χ3v) is 3.47. The van der Waals surface area contributed by atoms with Crippen molar-refractivity contribution in [2.24, 2.45) is 0 Å². The lowest BCUT2D eigenvalue weighted by Crippen LogP contribution is -2.45. The van der Waals surface area contributed by atoms with E-state index in [2.05, 4.69) is 0 Å². The summed E-state index contributed by atoms with van der Waals surface area (Å²) in [6, 6.07) is 5.03. The van der Waals surface area contributed by atoms with E-state index < -0.39 is 11.6 Å². The number of carboxylic acid groups (broad SMARTS) is 1. The fourth-order valence-corrected chi connectivity index (χ4v) is 2.44. The molecule has 0 radical (unpaired) electrons. The van der Waals surface area contributed by atoms with E-state index in [1.54, 1.807) is 23.1 Å². The van der Waals surface area contributed by atoms with Crippen LogP contribution in [0.4, 0.5) is 4.79 Å². The topological polar surface area (TPSA) is 66.8 Å². The summed E-state index contributed by atoms with van der Waals surface area (Å²) in [5.74, 6) is -0.931. The quantitative estimate of drug-likeness (QED) is 0.863.